The van der Waals surface area contributed by atoms with Crippen molar-refractivity contribution in [2.24, 2.45) is 5.92 Å². The average Bonchev–Trinajstić information content (AvgIpc) is 2.34. The first-order valence-electron chi connectivity index (χ1n) is 6.15. The van der Waals surface area contributed by atoms with Crippen molar-refractivity contribution in [2.75, 3.05) is 5.32 Å². The molecule has 2 rings (SSSR count). The molecule has 0 radical (unpaired) electrons. The van der Waals surface area contributed by atoms with Gasteiger partial charge in [0.15, 0.2) is 5.82 Å². The summed E-state index contributed by atoms with van der Waals surface area (Å²) in [5.74, 6) is -1.92. The van der Waals surface area contributed by atoms with Crippen LogP contribution in [0.25, 0.3) is 0 Å². The summed E-state index contributed by atoms with van der Waals surface area (Å²) in [7, 11) is 0. The van der Waals surface area contributed by atoms with Crippen molar-refractivity contribution in [2.45, 2.75) is 37.9 Å². The van der Waals surface area contributed by atoms with Gasteiger partial charge in [-0.05, 0) is 31.4 Å². The number of halogens is 5. The average molecular weight is 296 g/mol. The maximum Gasteiger partial charge on any atom is 0.391 e. The summed E-state index contributed by atoms with van der Waals surface area (Å²) in [6.45, 7) is 0. The predicted octanol–water partition coefficient (Wildman–Crippen LogP) is 5.01. The van der Waals surface area contributed by atoms with Gasteiger partial charge in [-0.25, -0.2) is 4.39 Å². The van der Waals surface area contributed by atoms with Gasteiger partial charge in [-0.1, -0.05) is 24.1 Å². The highest BCUT2D eigenvalue weighted by Crippen LogP contribution is 2.38. The molecule has 1 aliphatic rings. The topological polar surface area (TPSA) is 12.0 Å². The number of anilines is 1. The van der Waals surface area contributed by atoms with Crippen LogP contribution in [0.5, 0.6) is 0 Å². The lowest BCUT2D eigenvalue weighted by Crippen LogP contribution is -2.34. The van der Waals surface area contributed by atoms with Gasteiger partial charge in [0.05, 0.1) is 16.6 Å². The van der Waals surface area contributed by atoms with Gasteiger partial charge in [-0.2, -0.15) is 13.2 Å². The smallest absolute Gasteiger partial charge is 0.380 e. The second-order valence-corrected chi connectivity index (χ2v) is 5.25. The molecule has 1 aliphatic carbocycles. The van der Waals surface area contributed by atoms with Crippen LogP contribution >= 0.6 is 11.6 Å². The lowest BCUT2D eigenvalue weighted by Gasteiger charge is -2.31. The van der Waals surface area contributed by atoms with Crippen molar-refractivity contribution in [3.63, 3.8) is 0 Å². The van der Waals surface area contributed by atoms with Gasteiger partial charge in [-0.15, -0.1) is 0 Å². The Morgan fingerprint density at radius 2 is 1.95 bits per heavy atom. The Balaban J connectivity index is 2.05. The molecule has 6 heteroatoms. The van der Waals surface area contributed by atoms with Crippen LogP contribution in [-0.4, -0.2) is 12.2 Å². The van der Waals surface area contributed by atoms with E-state index >= 15 is 0 Å². The van der Waals surface area contributed by atoms with Crippen molar-refractivity contribution >= 4 is 17.3 Å². The lowest BCUT2D eigenvalue weighted by atomic mass is 9.85. The Hall–Kier alpha value is -0.970. The molecule has 0 spiro atoms. The van der Waals surface area contributed by atoms with Gasteiger partial charge in [0.1, 0.15) is 0 Å². The molecule has 1 aromatic rings. The van der Waals surface area contributed by atoms with Gasteiger partial charge in [0.2, 0.25) is 0 Å². The molecule has 0 heterocycles. The fraction of sp³-hybridized carbons (Fsp3) is 0.538. The second-order valence-electron chi connectivity index (χ2n) is 4.85. The quantitative estimate of drug-likeness (QED) is 0.756. The first kappa shape index (κ1) is 14.4. The fourth-order valence-corrected chi connectivity index (χ4v) is 2.63. The lowest BCUT2D eigenvalue weighted by molar-refractivity contribution is -0.182. The zero-order valence-corrected chi connectivity index (χ0v) is 10.9. The van der Waals surface area contributed by atoms with Crippen LogP contribution in [0.15, 0.2) is 18.2 Å². The highest BCUT2D eigenvalue weighted by atomic mass is 35.5. The molecule has 1 saturated carbocycles. The molecule has 19 heavy (non-hydrogen) atoms. The minimum absolute atomic E-state index is 0.0184. The predicted molar refractivity (Wildman–Crippen MR) is 66.8 cm³/mol. The monoisotopic (exact) mass is 295 g/mol. The molecular weight excluding hydrogens is 282 g/mol. The van der Waals surface area contributed by atoms with Crippen molar-refractivity contribution in [1.29, 1.82) is 0 Å². The summed E-state index contributed by atoms with van der Waals surface area (Å²) >= 11 is 5.64. The van der Waals surface area contributed by atoms with Crippen molar-refractivity contribution in [1.82, 2.24) is 0 Å². The molecule has 0 aromatic heterocycles. The minimum Gasteiger partial charge on any atom is -0.380 e. The van der Waals surface area contributed by atoms with Crippen LogP contribution in [-0.2, 0) is 0 Å². The molecule has 106 valence electrons. The third-order valence-corrected chi connectivity index (χ3v) is 3.74. The van der Waals surface area contributed by atoms with E-state index < -0.39 is 17.9 Å². The molecule has 1 nitrogen and oxygen atoms in total. The maximum absolute atomic E-state index is 13.7. The third kappa shape index (κ3) is 3.53. The first-order chi connectivity index (χ1) is 8.88. The van der Waals surface area contributed by atoms with Crippen LogP contribution in [0, 0.1) is 11.7 Å². The van der Waals surface area contributed by atoms with Crippen LogP contribution < -0.4 is 5.32 Å². The summed E-state index contributed by atoms with van der Waals surface area (Å²) in [5, 5.41) is 2.80. The van der Waals surface area contributed by atoms with Gasteiger partial charge >= 0.3 is 6.18 Å². The summed E-state index contributed by atoms with van der Waals surface area (Å²) < 4.78 is 51.7. The van der Waals surface area contributed by atoms with Crippen LogP contribution in [0.4, 0.5) is 23.2 Å². The Labute approximate surface area is 113 Å². The van der Waals surface area contributed by atoms with E-state index in [1.807, 2.05) is 0 Å². The van der Waals surface area contributed by atoms with E-state index in [-0.39, 0.29) is 29.6 Å². The minimum atomic E-state index is -4.17. The Morgan fingerprint density at radius 1 is 1.21 bits per heavy atom. The molecule has 2 unspecified atom stereocenters. The highest BCUT2D eigenvalue weighted by molar-refractivity contribution is 6.31. The van der Waals surface area contributed by atoms with E-state index in [4.69, 9.17) is 11.6 Å². The number of nitrogens with one attached hydrogen (secondary N) is 1. The Bertz CT molecular complexity index is 447. The van der Waals surface area contributed by atoms with Crippen LogP contribution in [0.1, 0.15) is 25.7 Å². The molecule has 0 saturated heterocycles. The van der Waals surface area contributed by atoms with E-state index in [2.05, 4.69) is 5.32 Å². The van der Waals surface area contributed by atoms with Gasteiger partial charge in [0, 0.05) is 6.04 Å². The van der Waals surface area contributed by atoms with E-state index in [0.29, 0.717) is 12.8 Å². The van der Waals surface area contributed by atoms with Crippen molar-refractivity contribution < 1.29 is 17.6 Å². The van der Waals surface area contributed by atoms with Crippen molar-refractivity contribution in [3.8, 4) is 0 Å². The van der Waals surface area contributed by atoms with E-state index in [1.165, 1.54) is 12.1 Å². The molecule has 1 fully saturated rings. The molecule has 0 bridgehead atoms. The first-order valence-corrected chi connectivity index (χ1v) is 6.53. The van der Waals surface area contributed by atoms with Crippen molar-refractivity contribution in [3.05, 3.63) is 29.0 Å². The molecule has 1 aromatic carbocycles. The van der Waals surface area contributed by atoms with E-state index in [1.54, 1.807) is 6.07 Å². The number of benzene rings is 1. The van der Waals surface area contributed by atoms with Crippen LogP contribution in [0.2, 0.25) is 5.02 Å². The summed E-state index contributed by atoms with van der Waals surface area (Å²) in [4.78, 5) is 0. The van der Waals surface area contributed by atoms with Gasteiger partial charge in [-0.3, -0.25) is 0 Å². The molecule has 0 amide bonds. The largest absolute Gasteiger partial charge is 0.391 e. The third-order valence-electron chi connectivity index (χ3n) is 3.45. The Kier molecular flexibility index (Phi) is 4.23. The maximum atomic E-state index is 13.7. The Morgan fingerprint density at radius 3 is 2.63 bits per heavy atom. The molecule has 2 atom stereocenters. The van der Waals surface area contributed by atoms with E-state index in [9.17, 15) is 17.6 Å². The van der Waals surface area contributed by atoms with Gasteiger partial charge < -0.3 is 5.32 Å². The SMILES string of the molecule is Fc1c(Cl)cccc1NC1CCCC(C(F)(F)F)C1. The van der Waals surface area contributed by atoms with Gasteiger partial charge in [0.25, 0.3) is 0 Å². The molecule has 0 aliphatic heterocycles. The summed E-state index contributed by atoms with van der Waals surface area (Å²) in [5.41, 5.74) is 0.167. The standard InChI is InChI=1S/C13H14ClF4N/c14-10-5-2-6-11(12(10)15)19-9-4-1-3-8(7-9)13(16,17)18/h2,5-6,8-9,19H,1,3-4,7H2. The molecular formula is C13H14ClF4N. The van der Waals surface area contributed by atoms with E-state index in [0.717, 1.165) is 0 Å². The number of alkyl halides is 3. The normalized spacial score (nSPS) is 24.3. The fourth-order valence-electron chi connectivity index (χ4n) is 2.45. The zero-order valence-electron chi connectivity index (χ0n) is 10.1. The summed E-state index contributed by atoms with van der Waals surface area (Å²) in [6, 6.07) is 4.09. The van der Waals surface area contributed by atoms with Crippen LogP contribution in [0.3, 0.4) is 0 Å². The number of rotatable bonds is 2. The summed E-state index contributed by atoms with van der Waals surface area (Å²) in [6.07, 6.45) is -2.94. The molecule has 1 N–H and O–H groups in total. The highest BCUT2D eigenvalue weighted by Gasteiger charge is 2.42. The zero-order chi connectivity index (χ0) is 14.0. The second kappa shape index (κ2) is 5.57. The number of hydrogen-bond donors (Lipinski definition) is 1. The number of hydrogen-bond acceptors (Lipinski definition) is 1.